The highest BCUT2D eigenvalue weighted by Crippen LogP contribution is 2.32. The van der Waals surface area contributed by atoms with Gasteiger partial charge in [-0.3, -0.25) is 9.69 Å². The Labute approximate surface area is 185 Å². The van der Waals surface area contributed by atoms with Crippen LogP contribution in [0.15, 0.2) is 45.6 Å². The number of aromatic nitrogens is 1. The van der Waals surface area contributed by atoms with Gasteiger partial charge >= 0.3 is 0 Å². The molecule has 1 saturated heterocycles. The van der Waals surface area contributed by atoms with E-state index in [1.807, 2.05) is 29.0 Å². The lowest BCUT2D eigenvalue weighted by Crippen LogP contribution is -2.44. The van der Waals surface area contributed by atoms with Crippen LogP contribution in [0.5, 0.6) is 0 Å². The number of amides is 1. The van der Waals surface area contributed by atoms with Crippen molar-refractivity contribution in [2.24, 2.45) is 0 Å². The Morgan fingerprint density at radius 1 is 1.21 bits per heavy atom. The van der Waals surface area contributed by atoms with E-state index in [2.05, 4.69) is 31.1 Å². The molecule has 152 valence electrons. The van der Waals surface area contributed by atoms with Crippen LogP contribution in [0.4, 0.5) is 4.39 Å². The summed E-state index contributed by atoms with van der Waals surface area (Å²) >= 11 is 6.68. The van der Waals surface area contributed by atoms with E-state index in [1.54, 1.807) is 22.7 Å². The summed E-state index contributed by atoms with van der Waals surface area (Å²) in [4.78, 5) is 20.5. The van der Waals surface area contributed by atoms with E-state index in [9.17, 15) is 9.18 Å². The molecule has 0 radical (unpaired) electrons. The van der Waals surface area contributed by atoms with Crippen LogP contribution >= 0.6 is 38.6 Å². The van der Waals surface area contributed by atoms with E-state index in [1.165, 1.54) is 12.1 Å². The number of halogens is 2. The van der Waals surface area contributed by atoms with Crippen LogP contribution in [0.1, 0.15) is 24.1 Å². The minimum atomic E-state index is -0.203. The Hall–Kier alpha value is -1.61. The molecule has 1 aromatic carbocycles. The Kier molecular flexibility index (Phi) is 6.74. The number of rotatable bonds is 6. The van der Waals surface area contributed by atoms with Crippen molar-refractivity contribution >= 4 is 44.5 Å². The van der Waals surface area contributed by atoms with E-state index in [0.29, 0.717) is 6.42 Å². The Balaban J connectivity index is 1.23. The van der Waals surface area contributed by atoms with Crippen molar-refractivity contribution in [2.75, 3.05) is 13.1 Å². The monoisotopic (exact) mass is 493 g/mol. The predicted molar refractivity (Wildman–Crippen MR) is 120 cm³/mol. The molecule has 1 aliphatic rings. The molecule has 0 atom stereocenters. The second-order valence-electron chi connectivity index (χ2n) is 7.19. The molecule has 0 unspecified atom stereocenters. The Bertz CT molecular complexity index is 964. The average molecular weight is 494 g/mol. The molecule has 3 aromatic rings. The number of piperidine rings is 1. The highest BCUT2D eigenvalue weighted by molar-refractivity contribution is 9.10. The minimum absolute atomic E-state index is 0.0335. The number of carbonyl (C=O) groups is 1. The first-order valence-corrected chi connectivity index (χ1v) is 12.1. The van der Waals surface area contributed by atoms with Crippen molar-refractivity contribution in [1.29, 1.82) is 0 Å². The van der Waals surface area contributed by atoms with Crippen LogP contribution in [0.2, 0.25) is 0 Å². The lowest BCUT2D eigenvalue weighted by molar-refractivity contribution is -0.121. The van der Waals surface area contributed by atoms with Gasteiger partial charge in [-0.25, -0.2) is 9.37 Å². The van der Waals surface area contributed by atoms with Gasteiger partial charge < -0.3 is 5.32 Å². The maximum Gasteiger partial charge on any atom is 0.226 e. The van der Waals surface area contributed by atoms with Gasteiger partial charge in [0.2, 0.25) is 5.91 Å². The summed E-state index contributed by atoms with van der Waals surface area (Å²) in [5.74, 6) is -0.170. The molecule has 2 aromatic heterocycles. The van der Waals surface area contributed by atoms with E-state index in [0.717, 1.165) is 58.1 Å². The van der Waals surface area contributed by atoms with Crippen LogP contribution in [0.25, 0.3) is 9.88 Å². The number of benzene rings is 1. The number of thiazole rings is 1. The Morgan fingerprint density at radius 2 is 1.97 bits per heavy atom. The van der Waals surface area contributed by atoms with E-state index in [-0.39, 0.29) is 17.8 Å². The molecule has 4 rings (SSSR count). The quantitative estimate of drug-likeness (QED) is 0.519. The normalized spacial score (nSPS) is 15.5. The Morgan fingerprint density at radius 3 is 2.66 bits per heavy atom. The van der Waals surface area contributed by atoms with Crippen molar-refractivity contribution < 1.29 is 9.18 Å². The number of hydrogen-bond acceptors (Lipinski definition) is 5. The first kappa shape index (κ1) is 20.7. The zero-order chi connectivity index (χ0) is 20.2. The first-order valence-electron chi connectivity index (χ1n) is 9.50. The molecule has 0 saturated carbocycles. The van der Waals surface area contributed by atoms with Crippen LogP contribution in [0, 0.1) is 5.82 Å². The number of carbonyl (C=O) groups excluding carboxylic acids is 1. The van der Waals surface area contributed by atoms with Crippen molar-refractivity contribution in [3.8, 4) is 9.88 Å². The van der Waals surface area contributed by atoms with Gasteiger partial charge in [-0.15, -0.1) is 22.7 Å². The lowest BCUT2D eigenvalue weighted by Gasteiger charge is -2.32. The van der Waals surface area contributed by atoms with E-state index >= 15 is 0 Å². The summed E-state index contributed by atoms with van der Waals surface area (Å²) in [6, 6.07) is 8.93. The lowest BCUT2D eigenvalue weighted by atomic mass is 10.0. The van der Waals surface area contributed by atoms with Gasteiger partial charge in [0.15, 0.2) is 0 Å². The van der Waals surface area contributed by atoms with Crippen molar-refractivity contribution in [2.45, 2.75) is 31.8 Å². The number of likely N-dealkylation sites (tertiary alicyclic amines) is 1. The number of nitrogens with zero attached hydrogens (tertiary/aromatic N) is 2. The maximum absolute atomic E-state index is 13.0. The zero-order valence-corrected chi connectivity index (χ0v) is 19.0. The molecule has 29 heavy (non-hydrogen) atoms. The topological polar surface area (TPSA) is 45.2 Å². The van der Waals surface area contributed by atoms with Crippen molar-refractivity contribution in [3.63, 3.8) is 0 Å². The summed E-state index contributed by atoms with van der Waals surface area (Å²) in [6.07, 6.45) is 2.18. The van der Waals surface area contributed by atoms with Gasteiger partial charge in [-0.05, 0) is 52.5 Å². The third-order valence-corrected chi connectivity index (χ3v) is 7.70. The largest absolute Gasteiger partial charge is 0.353 e. The van der Waals surface area contributed by atoms with Crippen molar-refractivity contribution in [3.05, 3.63) is 62.6 Å². The third-order valence-electron chi connectivity index (χ3n) is 4.94. The van der Waals surface area contributed by atoms with Gasteiger partial charge in [0, 0.05) is 40.9 Å². The van der Waals surface area contributed by atoms with Crippen LogP contribution in [0.3, 0.4) is 0 Å². The number of thiophene rings is 1. The van der Waals surface area contributed by atoms with Crippen molar-refractivity contribution in [1.82, 2.24) is 15.2 Å². The molecule has 1 amide bonds. The molecular formula is C21H21BrFN3OS2. The summed E-state index contributed by atoms with van der Waals surface area (Å²) < 4.78 is 14.1. The highest BCUT2D eigenvalue weighted by atomic mass is 79.9. The SMILES string of the molecule is O=C(Cc1csc(-c2cc(Br)cs2)n1)NC1CCN(Cc2ccc(F)cc2)CC1. The molecule has 0 spiro atoms. The second kappa shape index (κ2) is 9.47. The maximum atomic E-state index is 13.0. The first-order chi connectivity index (χ1) is 14.0. The van der Waals surface area contributed by atoms with Gasteiger partial charge in [-0.1, -0.05) is 12.1 Å². The molecule has 3 heterocycles. The highest BCUT2D eigenvalue weighted by Gasteiger charge is 2.21. The van der Waals surface area contributed by atoms with Crippen LogP contribution in [-0.4, -0.2) is 34.9 Å². The molecule has 0 aliphatic carbocycles. The van der Waals surface area contributed by atoms with Gasteiger partial charge in [0.25, 0.3) is 0 Å². The molecule has 1 fully saturated rings. The fraction of sp³-hybridized carbons (Fsp3) is 0.333. The summed E-state index contributed by atoms with van der Waals surface area (Å²) in [7, 11) is 0. The fourth-order valence-corrected chi connectivity index (χ4v) is 5.78. The van der Waals surface area contributed by atoms with E-state index in [4.69, 9.17) is 0 Å². The molecule has 1 aliphatic heterocycles. The van der Waals surface area contributed by atoms with Gasteiger partial charge in [-0.2, -0.15) is 0 Å². The molecule has 1 N–H and O–H groups in total. The van der Waals surface area contributed by atoms with E-state index < -0.39 is 0 Å². The molecule has 0 bridgehead atoms. The molecule has 8 heteroatoms. The predicted octanol–water partition coefficient (Wildman–Crippen LogP) is 5.10. The standard InChI is InChI=1S/C21H21BrFN3OS2/c22-15-9-19(28-12-15)21-25-18(13-29-21)10-20(27)24-17-5-7-26(8-6-17)11-14-1-3-16(23)4-2-14/h1-4,9,12-13,17H,5-8,10-11H2,(H,24,27). The minimum Gasteiger partial charge on any atom is -0.353 e. The average Bonchev–Trinajstić information content (AvgIpc) is 3.34. The van der Waals surface area contributed by atoms with Gasteiger partial charge in [0.05, 0.1) is 17.0 Å². The number of nitrogens with one attached hydrogen (secondary N) is 1. The smallest absolute Gasteiger partial charge is 0.226 e. The second-order valence-corrected chi connectivity index (χ2v) is 9.88. The third kappa shape index (κ3) is 5.72. The van der Waals surface area contributed by atoms with Crippen LogP contribution < -0.4 is 5.32 Å². The molecular weight excluding hydrogens is 473 g/mol. The summed E-state index contributed by atoms with van der Waals surface area (Å²) in [5, 5.41) is 8.11. The van der Waals surface area contributed by atoms with Gasteiger partial charge in [0.1, 0.15) is 10.8 Å². The fourth-order valence-electron chi connectivity index (χ4n) is 3.45. The van der Waals surface area contributed by atoms with Crippen LogP contribution in [-0.2, 0) is 17.8 Å². The summed E-state index contributed by atoms with van der Waals surface area (Å²) in [5.41, 5.74) is 1.94. The zero-order valence-electron chi connectivity index (χ0n) is 15.7. The summed E-state index contributed by atoms with van der Waals surface area (Å²) in [6.45, 7) is 2.67. The number of hydrogen-bond donors (Lipinski definition) is 1. The molecule has 4 nitrogen and oxygen atoms in total.